The van der Waals surface area contributed by atoms with Crippen LogP contribution >= 0.6 is 0 Å². The zero-order valence-electron chi connectivity index (χ0n) is 10.5. The van der Waals surface area contributed by atoms with Gasteiger partial charge in [0.25, 0.3) is 5.69 Å². The molecule has 6 heteroatoms. The van der Waals surface area contributed by atoms with Crippen LogP contribution in [-0.2, 0) is 0 Å². The first-order valence-corrected chi connectivity index (χ1v) is 5.70. The second kappa shape index (κ2) is 5.75. The van der Waals surface area contributed by atoms with Crippen LogP contribution in [0.4, 0.5) is 20.2 Å². The molecule has 0 aromatic heterocycles. The summed E-state index contributed by atoms with van der Waals surface area (Å²) in [5, 5.41) is 13.1. The Morgan fingerprint density at radius 1 is 1.28 bits per heavy atom. The molecule has 1 rings (SSSR count). The molecule has 0 spiro atoms. The Balaban J connectivity index is 2.87. The molecular formula is C12H16F2N2O2. The van der Waals surface area contributed by atoms with Crippen molar-refractivity contribution in [3.05, 3.63) is 33.9 Å². The molecule has 1 unspecified atom stereocenters. The van der Waals surface area contributed by atoms with Crippen molar-refractivity contribution in [1.29, 1.82) is 0 Å². The first-order valence-electron chi connectivity index (χ1n) is 5.70. The van der Waals surface area contributed by atoms with E-state index in [0.717, 1.165) is 0 Å². The fourth-order valence-electron chi connectivity index (χ4n) is 1.33. The molecule has 0 aliphatic carbocycles. The second-order valence-corrected chi connectivity index (χ2v) is 4.64. The molecule has 1 atom stereocenters. The number of non-ortho nitro benzene ring substituents is 1. The van der Waals surface area contributed by atoms with Crippen molar-refractivity contribution in [2.24, 2.45) is 11.8 Å². The fourth-order valence-corrected chi connectivity index (χ4v) is 1.33. The number of benzene rings is 1. The van der Waals surface area contributed by atoms with Crippen molar-refractivity contribution in [2.45, 2.75) is 20.8 Å². The number of hydrogen-bond donors (Lipinski definition) is 1. The normalized spacial score (nSPS) is 12.6. The van der Waals surface area contributed by atoms with Crippen molar-refractivity contribution in [1.82, 2.24) is 0 Å². The summed E-state index contributed by atoms with van der Waals surface area (Å²) in [4.78, 5) is 9.60. The van der Waals surface area contributed by atoms with Gasteiger partial charge >= 0.3 is 0 Å². The summed E-state index contributed by atoms with van der Waals surface area (Å²) < 4.78 is 27.0. The maximum atomic E-state index is 13.5. The minimum Gasteiger partial charge on any atom is -0.380 e. The van der Waals surface area contributed by atoms with Crippen LogP contribution in [0.15, 0.2) is 12.1 Å². The SMILES string of the molecule is CC(C)C(C)CNc1c(F)cc([N+](=O)[O-])cc1F. The Morgan fingerprint density at radius 2 is 1.78 bits per heavy atom. The molecular weight excluding hydrogens is 242 g/mol. The fraction of sp³-hybridized carbons (Fsp3) is 0.500. The first kappa shape index (κ1) is 14.3. The first-order chi connectivity index (χ1) is 8.32. The van der Waals surface area contributed by atoms with E-state index in [-0.39, 0.29) is 11.6 Å². The van der Waals surface area contributed by atoms with E-state index in [1.807, 2.05) is 20.8 Å². The van der Waals surface area contributed by atoms with Gasteiger partial charge in [0, 0.05) is 6.54 Å². The third-order valence-corrected chi connectivity index (χ3v) is 2.98. The molecule has 100 valence electrons. The van der Waals surface area contributed by atoms with Gasteiger partial charge in [-0.25, -0.2) is 8.78 Å². The van der Waals surface area contributed by atoms with Gasteiger partial charge in [0.15, 0.2) is 11.6 Å². The van der Waals surface area contributed by atoms with Crippen molar-refractivity contribution in [2.75, 3.05) is 11.9 Å². The Labute approximate surface area is 104 Å². The third-order valence-electron chi connectivity index (χ3n) is 2.98. The molecule has 1 aromatic rings. The maximum absolute atomic E-state index is 13.5. The van der Waals surface area contributed by atoms with Gasteiger partial charge in [-0.2, -0.15) is 0 Å². The van der Waals surface area contributed by atoms with Crippen LogP contribution in [-0.4, -0.2) is 11.5 Å². The smallest absolute Gasteiger partial charge is 0.275 e. The van der Waals surface area contributed by atoms with E-state index >= 15 is 0 Å². The number of halogens is 2. The number of rotatable bonds is 5. The van der Waals surface area contributed by atoms with E-state index in [2.05, 4.69) is 5.32 Å². The van der Waals surface area contributed by atoms with Gasteiger partial charge < -0.3 is 5.32 Å². The highest BCUT2D eigenvalue weighted by Gasteiger charge is 2.17. The lowest BCUT2D eigenvalue weighted by Gasteiger charge is -2.17. The van der Waals surface area contributed by atoms with Gasteiger partial charge in [-0.15, -0.1) is 0 Å². The highest BCUT2D eigenvalue weighted by Crippen LogP contribution is 2.25. The zero-order chi connectivity index (χ0) is 13.9. The molecule has 0 amide bonds. The lowest BCUT2D eigenvalue weighted by molar-refractivity contribution is -0.385. The van der Waals surface area contributed by atoms with Crippen LogP contribution in [0.5, 0.6) is 0 Å². The molecule has 0 aliphatic rings. The van der Waals surface area contributed by atoms with Gasteiger partial charge in [-0.3, -0.25) is 10.1 Å². The molecule has 0 heterocycles. The van der Waals surface area contributed by atoms with E-state index in [4.69, 9.17) is 0 Å². The predicted octanol–water partition coefficient (Wildman–Crippen LogP) is 3.58. The molecule has 0 fully saturated rings. The monoisotopic (exact) mass is 258 g/mol. The Hall–Kier alpha value is -1.72. The van der Waals surface area contributed by atoms with Crippen molar-refractivity contribution < 1.29 is 13.7 Å². The van der Waals surface area contributed by atoms with Crippen LogP contribution in [0.3, 0.4) is 0 Å². The Morgan fingerprint density at radius 3 is 2.17 bits per heavy atom. The molecule has 18 heavy (non-hydrogen) atoms. The predicted molar refractivity (Wildman–Crippen MR) is 65.5 cm³/mol. The van der Waals surface area contributed by atoms with Gasteiger partial charge in [0.1, 0.15) is 5.69 Å². The molecule has 0 saturated carbocycles. The van der Waals surface area contributed by atoms with Crippen LogP contribution in [0.25, 0.3) is 0 Å². The molecule has 0 saturated heterocycles. The third kappa shape index (κ3) is 3.38. The summed E-state index contributed by atoms with van der Waals surface area (Å²) in [6.07, 6.45) is 0. The highest BCUT2D eigenvalue weighted by atomic mass is 19.1. The number of anilines is 1. The lowest BCUT2D eigenvalue weighted by Crippen LogP contribution is -2.17. The number of nitrogens with one attached hydrogen (secondary N) is 1. The van der Waals surface area contributed by atoms with Crippen molar-refractivity contribution in [3.8, 4) is 0 Å². The van der Waals surface area contributed by atoms with Crippen LogP contribution < -0.4 is 5.32 Å². The summed E-state index contributed by atoms with van der Waals surface area (Å²) in [6.45, 7) is 6.38. The number of hydrogen-bond acceptors (Lipinski definition) is 3. The second-order valence-electron chi connectivity index (χ2n) is 4.64. The van der Waals surface area contributed by atoms with E-state index in [9.17, 15) is 18.9 Å². The quantitative estimate of drug-likeness (QED) is 0.648. The highest BCUT2D eigenvalue weighted by molar-refractivity contribution is 5.51. The summed E-state index contributed by atoms with van der Waals surface area (Å²) in [5.74, 6) is -1.28. The van der Waals surface area contributed by atoms with E-state index in [1.54, 1.807) is 0 Å². The Bertz CT molecular complexity index is 427. The summed E-state index contributed by atoms with van der Waals surface area (Å²) >= 11 is 0. The number of nitro benzene ring substituents is 1. The minimum atomic E-state index is -0.947. The summed E-state index contributed by atoms with van der Waals surface area (Å²) in [7, 11) is 0. The molecule has 0 aliphatic heterocycles. The molecule has 0 radical (unpaired) electrons. The van der Waals surface area contributed by atoms with Crippen LogP contribution in [0.1, 0.15) is 20.8 Å². The standard InChI is InChI=1S/C12H16F2N2O2/c1-7(2)8(3)6-15-12-10(13)4-9(16(17)18)5-11(12)14/h4-5,7-8,15H,6H2,1-3H3. The van der Waals surface area contributed by atoms with E-state index in [1.165, 1.54) is 0 Å². The largest absolute Gasteiger partial charge is 0.380 e. The van der Waals surface area contributed by atoms with Gasteiger partial charge in [0.05, 0.1) is 17.1 Å². The topological polar surface area (TPSA) is 55.2 Å². The molecule has 4 nitrogen and oxygen atoms in total. The summed E-state index contributed by atoms with van der Waals surface area (Å²) in [5.41, 5.74) is -0.902. The zero-order valence-corrected chi connectivity index (χ0v) is 10.5. The van der Waals surface area contributed by atoms with E-state index < -0.39 is 22.2 Å². The van der Waals surface area contributed by atoms with Crippen LogP contribution in [0.2, 0.25) is 0 Å². The Kier molecular flexibility index (Phi) is 4.58. The van der Waals surface area contributed by atoms with Crippen molar-refractivity contribution >= 4 is 11.4 Å². The minimum absolute atomic E-state index is 0.235. The average Bonchev–Trinajstić information content (AvgIpc) is 2.26. The van der Waals surface area contributed by atoms with Gasteiger partial charge in [0.2, 0.25) is 0 Å². The molecule has 1 N–H and O–H groups in total. The summed E-state index contributed by atoms with van der Waals surface area (Å²) in [6, 6.07) is 1.43. The number of nitro groups is 1. The molecule has 0 bridgehead atoms. The average molecular weight is 258 g/mol. The van der Waals surface area contributed by atoms with E-state index in [0.29, 0.717) is 24.6 Å². The number of nitrogens with zero attached hydrogens (tertiary/aromatic N) is 1. The van der Waals surface area contributed by atoms with Gasteiger partial charge in [-0.1, -0.05) is 20.8 Å². The lowest BCUT2D eigenvalue weighted by atomic mass is 9.98. The van der Waals surface area contributed by atoms with Crippen molar-refractivity contribution in [3.63, 3.8) is 0 Å². The molecule has 1 aromatic carbocycles. The maximum Gasteiger partial charge on any atom is 0.275 e. The van der Waals surface area contributed by atoms with Crippen LogP contribution in [0, 0.1) is 33.6 Å². The van der Waals surface area contributed by atoms with Gasteiger partial charge in [-0.05, 0) is 11.8 Å².